The molecular weight excluding hydrogens is 312 g/mol. The van der Waals surface area contributed by atoms with E-state index in [2.05, 4.69) is 41.7 Å². The molecule has 0 aliphatic heterocycles. The minimum absolute atomic E-state index is 0.00769. The highest BCUT2D eigenvalue weighted by Gasteiger charge is 2.19. The third-order valence-corrected chi connectivity index (χ3v) is 4.68. The van der Waals surface area contributed by atoms with E-state index >= 15 is 0 Å². The van der Waals surface area contributed by atoms with Crippen LogP contribution in [-0.2, 0) is 16.8 Å². The zero-order chi connectivity index (χ0) is 17.6. The van der Waals surface area contributed by atoms with Crippen LogP contribution in [-0.4, -0.2) is 29.0 Å². The van der Waals surface area contributed by atoms with Crippen LogP contribution in [0.1, 0.15) is 58.7 Å². The van der Waals surface area contributed by atoms with Gasteiger partial charge >= 0.3 is 6.03 Å². The molecule has 1 aromatic rings. The van der Waals surface area contributed by atoms with E-state index < -0.39 is 6.04 Å². The number of nitrogens with one attached hydrogen (secondary N) is 3. The Labute approximate surface area is 142 Å². The summed E-state index contributed by atoms with van der Waals surface area (Å²) < 4.78 is 0. The Bertz CT molecular complexity index is 536. The van der Waals surface area contributed by atoms with Crippen LogP contribution in [0, 0.1) is 0 Å². The minimum Gasteiger partial charge on any atom is -0.352 e. The van der Waals surface area contributed by atoms with Crippen LogP contribution < -0.4 is 16.0 Å². The first kappa shape index (κ1) is 19.4. The van der Waals surface area contributed by atoms with Crippen molar-refractivity contribution in [2.75, 3.05) is 0 Å². The molecule has 0 aliphatic rings. The number of thiazole rings is 1. The van der Waals surface area contributed by atoms with Crippen LogP contribution in [0.4, 0.5) is 4.79 Å². The van der Waals surface area contributed by atoms with Gasteiger partial charge in [-0.2, -0.15) is 0 Å². The van der Waals surface area contributed by atoms with Crippen LogP contribution in [0.15, 0.2) is 5.38 Å². The smallest absolute Gasteiger partial charge is 0.315 e. The van der Waals surface area contributed by atoms with Crippen molar-refractivity contribution in [1.82, 2.24) is 20.9 Å². The molecule has 0 bridgehead atoms. The normalized spacial score (nSPS) is 14.0. The van der Waals surface area contributed by atoms with Gasteiger partial charge in [0.05, 0.1) is 17.2 Å². The average molecular weight is 340 g/mol. The molecule has 1 rings (SSSR count). The summed E-state index contributed by atoms with van der Waals surface area (Å²) in [7, 11) is 0. The lowest BCUT2D eigenvalue weighted by Crippen LogP contribution is -2.50. The third-order valence-electron chi connectivity index (χ3n) is 3.37. The van der Waals surface area contributed by atoms with Gasteiger partial charge in [0, 0.05) is 16.8 Å². The fourth-order valence-electron chi connectivity index (χ4n) is 1.69. The average Bonchev–Trinajstić information content (AvgIpc) is 2.93. The molecule has 1 heterocycles. The minimum atomic E-state index is -0.579. The van der Waals surface area contributed by atoms with Crippen molar-refractivity contribution in [3.8, 4) is 0 Å². The van der Waals surface area contributed by atoms with Crippen molar-refractivity contribution < 1.29 is 9.59 Å². The standard InChI is InChI=1S/C16H28N4O2S/c1-7-10(2)18-13(21)11(3)19-15(22)17-8-12-9-23-14(20-12)16(4,5)6/h9-11H,7-8H2,1-6H3,(H,18,21)(H2,17,19,22)/t10-,11+/m0/s1. The molecule has 6 nitrogen and oxygen atoms in total. The largest absolute Gasteiger partial charge is 0.352 e. The highest BCUT2D eigenvalue weighted by molar-refractivity contribution is 7.09. The number of nitrogens with zero attached hydrogens (tertiary/aromatic N) is 1. The summed E-state index contributed by atoms with van der Waals surface area (Å²) >= 11 is 1.59. The molecule has 0 saturated carbocycles. The number of hydrogen-bond acceptors (Lipinski definition) is 4. The summed E-state index contributed by atoms with van der Waals surface area (Å²) in [6, 6.07) is -0.854. The zero-order valence-electron chi connectivity index (χ0n) is 14.8. The Kier molecular flexibility index (Phi) is 7.00. The van der Waals surface area contributed by atoms with Crippen molar-refractivity contribution in [1.29, 1.82) is 0 Å². The number of rotatable bonds is 6. The molecule has 2 atom stereocenters. The van der Waals surface area contributed by atoms with Gasteiger partial charge in [0.15, 0.2) is 0 Å². The fraction of sp³-hybridized carbons (Fsp3) is 0.688. The van der Waals surface area contributed by atoms with E-state index in [1.165, 1.54) is 0 Å². The monoisotopic (exact) mass is 340 g/mol. The Balaban J connectivity index is 2.42. The Morgan fingerprint density at radius 1 is 1.26 bits per heavy atom. The Morgan fingerprint density at radius 2 is 1.91 bits per heavy atom. The topological polar surface area (TPSA) is 83.1 Å². The molecule has 7 heteroatoms. The van der Waals surface area contributed by atoms with E-state index in [1.54, 1.807) is 18.3 Å². The summed E-state index contributed by atoms with van der Waals surface area (Å²) in [5, 5.41) is 11.2. The number of carbonyl (C=O) groups is 2. The summed E-state index contributed by atoms with van der Waals surface area (Å²) in [6.45, 7) is 12.2. The molecule has 3 amide bonds. The highest BCUT2D eigenvalue weighted by Crippen LogP contribution is 2.25. The number of amides is 3. The molecule has 0 fully saturated rings. The highest BCUT2D eigenvalue weighted by atomic mass is 32.1. The maximum atomic E-state index is 11.9. The first-order valence-corrected chi connectivity index (χ1v) is 8.81. The van der Waals surface area contributed by atoms with Gasteiger partial charge in [-0.15, -0.1) is 11.3 Å². The molecule has 0 saturated heterocycles. The molecular formula is C16H28N4O2S. The Hall–Kier alpha value is -1.63. The Morgan fingerprint density at radius 3 is 2.43 bits per heavy atom. The van der Waals surface area contributed by atoms with Gasteiger partial charge in [-0.25, -0.2) is 9.78 Å². The molecule has 23 heavy (non-hydrogen) atoms. The van der Waals surface area contributed by atoms with Gasteiger partial charge in [-0.05, 0) is 20.3 Å². The summed E-state index contributed by atoms with van der Waals surface area (Å²) in [6.07, 6.45) is 0.852. The predicted molar refractivity (Wildman–Crippen MR) is 93.5 cm³/mol. The third kappa shape index (κ3) is 6.56. The van der Waals surface area contributed by atoms with Crippen LogP contribution in [0.3, 0.4) is 0 Å². The van der Waals surface area contributed by atoms with Crippen molar-refractivity contribution in [2.45, 2.75) is 72.0 Å². The van der Waals surface area contributed by atoms with E-state index in [4.69, 9.17) is 0 Å². The first-order chi connectivity index (χ1) is 10.6. The maximum absolute atomic E-state index is 11.9. The molecule has 1 aromatic heterocycles. The van der Waals surface area contributed by atoms with Crippen molar-refractivity contribution in [3.05, 3.63) is 16.1 Å². The second kappa shape index (κ2) is 8.29. The molecule has 130 valence electrons. The molecule has 3 N–H and O–H groups in total. The lowest BCUT2D eigenvalue weighted by atomic mass is 9.98. The first-order valence-electron chi connectivity index (χ1n) is 7.93. The van der Waals surface area contributed by atoms with Crippen LogP contribution in [0.2, 0.25) is 0 Å². The predicted octanol–water partition coefficient (Wildman–Crippen LogP) is 2.54. The number of aromatic nitrogens is 1. The molecule has 0 aromatic carbocycles. The molecule has 0 spiro atoms. The number of carbonyl (C=O) groups excluding carboxylic acids is 2. The maximum Gasteiger partial charge on any atom is 0.315 e. The van der Waals surface area contributed by atoms with Crippen molar-refractivity contribution in [3.63, 3.8) is 0 Å². The summed E-state index contributed by atoms with van der Waals surface area (Å²) in [4.78, 5) is 28.3. The van der Waals surface area contributed by atoms with Gasteiger partial charge < -0.3 is 16.0 Å². The van der Waals surface area contributed by atoms with Gasteiger partial charge in [-0.3, -0.25) is 4.79 Å². The lowest BCUT2D eigenvalue weighted by Gasteiger charge is -2.17. The van der Waals surface area contributed by atoms with Gasteiger partial charge in [0.25, 0.3) is 0 Å². The quantitative estimate of drug-likeness (QED) is 0.744. The second-order valence-electron chi connectivity index (χ2n) is 6.76. The van der Waals surface area contributed by atoms with Crippen LogP contribution in [0.25, 0.3) is 0 Å². The molecule has 0 unspecified atom stereocenters. The van der Waals surface area contributed by atoms with Gasteiger partial charge in [-0.1, -0.05) is 27.7 Å². The number of hydrogen-bond donors (Lipinski definition) is 3. The van der Waals surface area contributed by atoms with Gasteiger partial charge in [0.2, 0.25) is 5.91 Å². The fourth-order valence-corrected chi connectivity index (χ4v) is 2.59. The number of urea groups is 1. The van der Waals surface area contributed by atoms with E-state index in [-0.39, 0.29) is 23.4 Å². The summed E-state index contributed by atoms with van der Waals surface area (Å²) in [5.74, 6) is -0.182. The van der Waals surface area contributed by atoms with Gasteiger partial charge in [0.1, 0.15) is 6.04 Å². The van der Waals surface area contributed by atoms with Crippen molar-refractivity contribution in [2.24, 2.45) is 0 Å². The molecule has 0 aliphatic carbocycles. The van der Waals surface area contributed by atoms with E-state index in [1.807, 2.05) is 19.2 Å². The summed E-state index contributed by atoms with van der Waals surface area (Å²) in [5.41, 5.74) is 0.833. The van der Waals surface area contributed by atoms with E-state index in [0.717, 1.165) is 17.1 Å². The SMILES string of the molecule is CC[C@H](C)NC(=O)[C@@H](C)NC(=O)NCc1csc(C(C)(C)C)n1. The zero-order valence-corrected chi connectivity index (χ0v) is 15.6. The lowest BCUT2D eigenvalue weighted by molar-refractivity contribution is -0.123. The molecule has 0 radical (unpaired) electrons. The van der Waals surface area contributed by atoms with Crippen LogP contribution in [0.5, 0.6) is 0 Å². The second-order valence-corrected chi connectivity index (χ2v) is 7.62. The van der Waals surface area contributed by atoms with Crippen LogP contribution >= 0.6 is 11.3 Å². The van der Waals surface area contributed by atoms with E-state index in [9.17, 15) is 9.59 Å². The van der Waals surface area contributed by atoms with E-state index in [0.29, 0.717) is 6.54 Å². The van der Waals surface area contributed by atoms with Crippen molar-refractivity contribution >= 4 is 23.3 Å².